The van der Waals surface area contributed by atoms with Gasteiger partial charge in [0, 0.05) is 0 Å². The van der Waals surface area contributed by atoms with Gasteiger partial charge in [-0.2, -0.15) is 5.26 Å². The molecule has 0 radical (unpaired) electrons. The van der Waals surface area contributed by atoms with Crippen LogP contribution in [0.15, 0.2) is 0 Å². The fourth-order valence-corrected chi connectivity index (χ4v) is 0.723. The third-order valence-corrected chi connectivity index (χ3v) is 1.26. The average molecular weight is 146 g/mol. The third kappa shape index (κ3) is 7.84. The van der Waals surface area contributed by atoms with E-state index in [0.29, 0.717) is 22.0 Å². The minimum Gasteiger partial charge on any atom is -0.345 e. The first-order valence-electron chi connectivity index (χ1n) is 2.69. The van der Waals surface area contributed by atoms with E-state index in [0.717, 1.165) is 0 Å². The lowest BCUT2D eigenvalue weighted by molar-refractivity contribution is 0.351. The normalized spacial score (nSPS) is 10.9. The maximum absolute atomic E-state index is 8.09. The lowest BCUT2D eigenvalue weighted by atomic mass is 10.5. The minimum atomic E-state index is 0.381. The van der Waals surface area contributed by atoms with Crippen LogP contribution < -0.4 is 0 Å². The molecule has 0 rings (SSSR count). The Kier molecular flexibility index (Phi) is 5.86. The minimum absolute atomic E-state index is 0.381. The smallest absolute Gasteiger partial charge is 0.0884 e. The van der Waals surface area contributed by atoms with Crippen molar-refractivity contribution in [3.05, 3.63) is 0 Å². The van der Waals surface area contributed by atoms with Crippen molar-refractivity contribution in [3.63, 3.8) is 0 Å². The Morgan fingerprint density at radius 3 is 2.78 bits per heavy atom. The predicted molar refractivity (Wildman–Crippen MR) is 38.2 cm³/mol. The van der Waals surface area contributed by atoms with Gasteiger partial charge in [0.2, 0.25) is 0 Å². The van der Waals surface area contributed by atoms with Crippen LogP contribution in [-0.2, 0) is 4.52 Å². The van der Waals surface area contributed by atoms with Crippen LogP contribution in [0.2, 0.25) is 0 Å². The molecule has 0 N–H and O–H groups in total. The zero-order valence-electron chi connectivity index (χ0n) is 5.72. The second-order valence-electron chi connectivity index (χ2n) is 1.74. The molecule has 52 valence electrons. The first-order chi connectivity index (χ1) is 4.27. The summed E-state index contributed by atoms with van der Waals surface area (Å²) in [6.45, 7) is 0.549. The van der Waals surface area contributed by atoms with E-state index in [9.17, 15) is 0 Å². The monoisotopic (exact) mass is 146 g/mol. The van der Waals surface area contributed by atoms with E-state index in [4.69, 9.17) is 9.79 Å². The second-order valence-corrected chi connectivity index (χ2v) is 3.11. The van der Waals surface area contributed by atoms with E-state index in [-0.39, 0.29) is 0 Å². The van der Waals surface area contributed by atoms with Crippen LogP contribution in [0.3, 0.4) is 0 Å². The van der Waals surface area contributed by atoms with Gasteiger partial charge in [-0.1, -0.05) is 0 Å². The molecule has 0 aliphatic rings. The molecule has 0 aromatic carbocycles. The van der Waals surface area contributed by atoms with Crippen molar-refractivity contribution >= 4 is 8.96 Å². The number of rotatable bonds is 4. The molecule has 0 amide bonds. The van der Waals surface area contributed by atoms with Crippen LogP contribution in [0.1, 0.15) is 6.42 Å². The van der Waals surface area contributed by atoms with Crippen molar-refractivity contribution in [2.75, 3.05) is 20.7 Å². The highest BCUT2D eigenvalue weighted by Crippen LogP contribution is 2.13. The van der Waals surface area contributed by atoms with Crippen molar-refractivity contribution in [3.8, 4) is 6.07 Å². The van der Waals surface area contributed by atoms with Crippen molar-refractivity contribution in [2.24, 2.45) is 0 Å². The molecule has 0 aromatic rings. The molecule has 0 aliphatic carbocycles. The average Bonchev–Trinajstić information content (AvgIpc) is 1.80. The summed E-state index contributed by atoms with van der Waals surface area (Å²) in [5, 5.41) is 8.09. The molecular formula is C5H11N2OP. The Hall–Kier alpha value is -0.160. The third-order valence-electron chi connectivity index (χ3n) is 0.563. The van der Waals surface area contributed by atoms with Crippen LogP contribution in [-0.4, -0.2) is 25.4 Å². The fraction of sp³-hybridized carbons (Fsp3) is 0.800. The van der Waals surface area contributed by atoms with E-state index in [2.05, 4.69) is 0 Å². The summed E-state index contributed by atoms with van der Waals surface area (Å²) in [6, 6.07) is 2.00. The highest BCUT2D eigenvalue weighted by Gasteiger charge is 1.87. The zero-order chi connectivity index (χ0) is 7.11. The van der Waals surface area contributed by atoms with Gasteiger partial charge in [0.15, 0.2) is 0 Å². The summed E-state index contributed by atoms with van der Waals surface area (Å²) in [7, 11) is 4.25. The van der Waals surface area contributed by atoms with Crippen molar-refractivity contribution in [1.29, 1.82) is 5.26 Å². The molecule has 9 heavy (non-hydrogen) atoms. The molecule has 4 heteroatoms. The van der Waals surface area contributed by atoms with Gasteiger partial charge in [-0.3, -0.25) is 4.67 Å². The molecule has 0 fully saturated rings. The highest BCUT2D eigenvalue weighted by molar-refractivity contribution is 7.29. The molecule has 1 atom stereocenters. The first-order valence-corrected chi connectivity index (χ1v) is 3.54. The second kappa shape index (κ2) is 5.97. The quantitative estimate of drug-likeness (QED) is 0.438. The van der Waals surface area contributed by atoms with Gasteiger partial charge in [-0.15, -0.1) is 0 Å². The lowest BCUT2D eigenvalue weighted by Crippen LogP contribution is -1.98. The Morgan fingerprint density at radius 2 is 2.33 bits per heavy atom. The molecule has 0 aromatic heterocycles. The molecule has 0 saturated carbocycles. The molecule has 0 aliphatic heterocycles. The molecule has 0 saturated heterocycles. The molecule has 0 spiro atoms. The van der Waals surface area contributed by atoms with Gasteiger partial charge in [0.05, 0.1) is 28.1 Å². The standard InChI is InChI=1S/C5H11N2OP/c1-7(2)9-8-5-3-4-6/h9H,3,5H2,1-2H3. The van der Waals surface area contributed by atoms with Gasteiger partial charge in [0.1, 0.15) is 0 Å². The number of nitriles is 1. The van der Waals surface area contributed by atoms with Crippen LogP contribution >= 0.6 is 8.96 Å². The number of hydrogen-bond acceptors (Lipinski definition) is 3. The van der Waals surface area contributed by atoms with Crippen molar-refractivity contribution < 1.29 is 4.52 Å². The van der Waals surface area contributed by atoms with E-state index >= 15 is 0 Å². The maximum Gasteiger partial charge on any atom is 0.0884 e. The molecule has 0 bridgehead atoms. The maximum atomic E-state index is 8.09. The summed E-state index contributed by atoms with van der Waals surface area (Å²) in [4.78, 5) is 0. The summed E-state index contributed by atoms with van der Waals surface area (Å²) in [5.74, 6) is 0. The molecule has 3 nitrogen and oxygen atoms in total. The zero-order valence-corrected chi connectivity index (χ0v) is 6.72. The van der Waals surface area contributed by atoms with Gasteiger partial charge >= 0.3 is 0 Å². The topological polar surface area (TPSA) is 36.3 Å². The summed E-state index contributed by atoms with van der Waals surface area (Å²) >= 11 is 0. The molecule has 0 heterocycles. The fourth-order valence-electron chi connectivity index (χ4n) is 0.271. The van der Waals surface area contributed by atoms with Gasteiger partial charge in [-0.05, 0) is 14.1 Å². The molecule has 1 unspecified atom stereocenters. The van der Waals surface area contributed by atoms with Crippen molar-refractivity contribution in [2.45, 2.75) is 6.42 Å². The van der Waals surface area contributed by atoms with Crippen LogP contribution in [0.4, 0.5) is 0 Å². The number of nitrogens with zero attached hydrogens (tertiary/aromatic N) is 2. The van der Waals surface area contributed by atoms with Crippen LogP contribution in [0.25, 0.3) is 0 Å². The highest BCUT2D eigenvalue weighted by atomic mass is 31.1. The largest absolute Gasteiger partial charge is 0.345 e. The van der Waals surface area contributed by atoms with E-state index in [1.165, 1.54) is 0 Å². The van der Waals surface area contributed by atoms with Gasteiger partial charge < -0.3 is 4.52 Å². The lowest BCUT2D eigenvalue weighted by Gasteiger charge is -2.07. The van der Waals surface area contributed by atoms with E-state index in [1.807, 2.05) is 24.8 Å². The van der Waals surface area contributed by atoms with Crippen molar-refractivity contribution in [1.82, 2.24) is 4.67 Å². The van der Waals surface area contributed by atoms with E-state index < -0.39 is 0 Å². The first kappa shape index (κ1) is 8.84. The number of hydrogen-bond donors (Lipinski definition) is 0. The summed E-state index contributed by atoms with van der Waals surface area (Å²) in [6.07, 6.45) is 0.487. The predicted octanol–water partition coefficient (Wildman–Crippen LogP) is 0.987. The Morgan fingerprint density at radius 1 is 1.67 bits per heavy atom. The van der Waals surface area contributed by atoms with E-state index in [1.54, 1.807) is 0 Å². The SMILES string of the molecule is CN(C)POCCC#N. The Bertz CT molecular complexity index is 99.6. The Labute approximate surface area is 57.5 Å². The Balaban J connectivity index is 2.85. The van der Waals surface area contributed by atoms with Gasteiger partial charge in [0.25, 0.3) is 0 Å². The van der Waals surface area contributed by atoms with Crippen LogP contribution in [0.5, 0.6) is 0 Å². The van der Waals surface area contributed by atoms with Crippen LogP contribution in [0, 0.1) is 11.3 Å². The summed E-state index contributed by atoms with van der Waals surface area (Å²) in [5.41, 5.74) is 0. The van der Waals surface area contributed by atoms with Gasteiger partial charge in [-0.25, -0.2) is 0 Å². The molecular weight excluding hydrogens is 135 g/mol. The summed E-state index contributed by atoms with van der Waals surface area (Å²) < 4.78 is 7.01.